The SMILES string of the molecule is CC(C)(C)[C@H](N)C(=O)NCc1cc(F)ccc1Br.Cl. The number of halogens is 3. The van der Waals surface area contributed by atoms with Crippen LogP contribution in [0.1, 0.15) is 26.3 Å². The third-order valence-corrected chi connectivity index (χ3v) is 3.45. The van der Waals surface area contributed by atoms with Gasteiger partial charge in [-0.05, 0) is 29.2 Å². The van der Waals surface area contributed by atoms with Gasteiger partial charge in [-0.2, -0.15) is 0 Å². The maximum atomic E-state index is 13.1. The smallest absolute Gasteiger partial charge is 0.237 e. The molecule has 1 atom stereocenters. The number of nitrogens with one attached hydrogen (secondary N) is 1. The fourth-order valence-corrected chi connectivity index (χ4v) is 1.75. The summed E-state index contributed by atoms with van der Waals surface area (Å²) in [5, 5.41) is 2.71. The van der Waals surface area contributed by atoms with E-state index in [0.29, 0.717) is 5.56 Å². The zero-order valence-electron chi connectivity index (χ0n) is 11.2. The molecule has 1 rings (SSSR count). The van der Waals surface area contributed by atoms with Crippen LogP contribution in [0.25, 0.3) is 0 Å². The number of nitrogens with two attached hydrogens (primary N) is 1. The van der Waals surface area contributed by atoms with Crippen molar-refractivity contribution in [3.05, 3.63) is 34.1 Å². The average molecular weight is 354 g/mol. The fraction of sp³-hybridized carbons (Fsp3) is 0.462. The molecule has 3 nitrogen and oxygen atoms in total. The summed E-state index contributed by atoms with van der Waals surface area (Å²) in [6.45, 7) is 5.95. The molecule has 0 bridgehead atoms. The molecule has 0 spiro atoms. The molecule has 0 saturated carbocycles. The van der Waals surface area contributed by atoms with E-state index in [1.165, 1.54) is 12.1 Å². The molecule has 0 aliphatic rings. The third-order valence-electron chi connectivity index (χ3n) is 2.68. The van der Waals surface area contributed by atoms with Gasteiger partial charge in [0, 0.05) is 11.0 Å². The first kappa shape index (κ1) is 18.4. The van der Waals surface area contributed by atoms with Gasteiger partial charge in [0.15, 0.2) is 0 Å². The van der Waals surface area contributed by atoms with Gasteiger partial charge in [0.25, 0.3) is 0 Å². The highest BCUT2D eigenvalue weighted by Crippen LogP contribution is 2.19. The highest BCUT2D eigenvalue weighted by atomic mass is 79.9. The minimum absolute atomic E-state index is 0. The van der Waals surface area contributed by atoms with Crippen LogP contribution >= 0.6 is 28.3 Å². The van der Waals surface area contributed by atoms with Crippen LogP contribution in [0.15, 0.2) is 22.7 Å². The van der Waals surface area contributed by atoms with E-state index in [1.54, 1.807) is 6.07 Å². The van der Waals surface area contributed by atoms with Crippen molar-refractivity contribution in [2.24, 2.45) is 11.1 Å². The summed E-state index contributed by atoms with van der Waals surface area (Å²) in [6, 6.07) is 3.76. The van der Waals surface area contributed by atoms with Crippen LogP contribution in [0.5, 0.6) is 0 Å². The second-order valence-corrected chi connectivity index (χ2v) is 6.15. The Morgan fingerprint density at radius 2 is 2.05 bits per heavy atom. The van der Waals surface area contributed by atoms with Crippen LogP contribution in [-0.2, 0) is 11.3 Å². The van der Waals surface area contributed by atoms with Crippen LogP contribution in [0.4, 0.5) is 4.39 Å². The molecule has 0 aliphatic heterocycles. The van der Waals surface area contributed by atoms with Crippen molar-refractivity contribution in [2.45, 2.75) is 33.4 Å². The molecule has 6 heteroatoms. The van der Waals surface area contributed by atoms with Crippen molar-refractivity contribution in [1.29, 1.82) is 0 Å². The number of amides is 1. The predicted molar refractivity (Wildman–Crippen MR) is 80.6 cm³/mol. The van der Waals surface area contributed by atoms with E-state index in [1.807, 2.05) is 20.8 Å². The standard InChI is InChI=1S/C13H18BrFN2O.ClH/c1-13(2,3)11(16)12(18)17-7-8-6-9(15)4-5-10(8)14;/h4-6,11H,7,16H2,1-3H3,(H,17,18);1H/t11-;/m1./s1. The summed E-state index contributed by atoms with van der Waals surface area (Å²) in [5.41, 5.74) is 6.21. The normalized spacial score (nSPS) is 12.5. The maximum absolute atomic E-state index is 13.1. The lowest BCUT2D eigenvalue weighted by molar-refractivity contribution is -0.124. The van der Waals surface area contributed by atoms with Gasteiger partial charge in [-0.25, -0.2) is 4.39 Å². The summed E-state index contributed by atoms with van der Waals surface area (Å²) in [7, 11) is 0. The first-order valence-corrected chi connectivity index (χ1v) is 6.48. The lowest BCUT2D eigenvalue weighted by Gasteiger charge is -2.25. The number of carbonyl (C=O) groups is 1. The number of benzene rings is 1. The maximum Gasteiger partial charge on any atom is 0.237 e. The molecule has 0 fully saturated rings. The minimum atomic E-state index is -0.593. The zero-order valence-corrected chi connectivity index (χ0v) is 13.6. The highest BCUT2D eigenvalue weighted by molar-refractivity contribution is 9.10. The van der Waals surface area contributed by atoms with Crippen LogP contribution in [0.2, 0.25) is 0 Å². The molecule has 0 radical (unpaired) electrons. The molecule has 0 saturated heterocycles. The van der Waals surface area contributed by atoms with E-state index in [-0.39, 0.29) is 36.1 Å². The Labute approximate surface area is 127 Å². The molecule has 108 valence electrons. The van der Waals surface area contributed by atoms with Crippen LogP contribution in [-0.4, -0.2) is 11.9 Å². The Bertz CT molecular complexity index is 449. The van der Waals surface area contributed by atoms with Crippen LogP contribution < -0.4 is 11.1 Å². The summed E-state index contributed by atoms with van der Waals surface area (Å²) < 4.78 is 13.8. The van der Waals surface area contributed by atoms with Crippen molar-refractivity contribution in [3.63, 3.8) is 0 Å². The van der Waals surface area contributed by atoms with Gasteiger partial charge in [-0.1, -0.05) is 36.7 Å². The van der Waals surface area contributed by atoms with E-state index < -0.39 is 6.04 Å². The second-order valence-electron chi connectivity index (χ2n) is 5.30. The number of carbonyl (C=O) groups excluding carboxylic acids is 1. The fourth-order valence-electron chi connectivity index (χ4n) is 1.36. The number of rotatable bonds is 3. The van der Waals surface area contributed by atoms with E-state index in [2.05, 4.69) is 21.2 Å². The molecule has 1 aromatic carbocycles. The molecule has 3 N–H and O–H groups in total. The summed E-state index contributed by atoms with van der Waals surface area (Å²) in [4.78, 5) is 11.8. The Morgan fingerprint density at radius 3 is 2.58 bits per heavy atom. The first-order chi connectivity index (χ1) is 8.21. The average Bonchev–Trinajstić information content (AvgIpc) is 2.27. The van der Waals surface area contributed by atoms with Gasteiger partial charge in [-0.3, -0.25) is 4.79 Å². The van der Waals surface area contributed by atoms with Crippen molar-refractivity contribution in [1.82, 2.24) is 5.32 Å². The summed E-state index contributed by atoms with van der Waals surface area (Å²) in [6.07, 6.45) is 0. The Hall–Kier alpha value is -0.650. The monoisotopic (exact) mass is 352 g/mol. The van der Waals surface area contributed by atoms with Gasteiger partial charge in [-0.15, -0.1) is 12.4 Å². The van der Waals surface area contributed by atoms with E-state index in [0.717, 1.165) is 4.47 Å². The zero-order chi connectivity index (χ0) is 13.9. The van der Waals surface area contributed by atoms with Crippen LogP contribution in [0.3, 0.4) is 0 Å². The molecule has 0 aromatic heterocycles. The summed E-state index contributed by atoms with van der Waals surface area (Å²) in [5.74, 6) is -0.568. The molecule has 19 heavy (non-hydrogen) atoms. The van der Waals surface area contributed by atoms with Crippen LogP contribution in [0, 0.1) is 11.2 Å². The lowest BCUT2D eigenvalue weighted by atomic mass is 9.87. The van der Waals surface area contributed by atoms with E-state index in [4.69, 9.17) is 5.73 Å². The Morgan fingerprint density at radius 1 is 1.47 bits per heavy atom. The van der Waals surface area contributed by atoms with Gasteiger partial charge >= 0.3 is 0 Å². The summed E-state index contributed by atoms with van der Waals surface area (Å²) >= 11 is 3.31. The number of hydrogen-bond acceptors (Lipinski definition) is 2. The second kappa shape index (κ2) is 7.22. The van der Waals surface area contributed by atoms with Crippen molar-refractivity contribution < 1.29 is 9.18 Å². The molecule has 1 aromatic rings. The van der Waals surface area contributed by atoms with Gasteiger partial charge in [0.1, 0.15) is 5.82 Å². The molecular formula is C13H19BrClFN2O. The topological polar surface area (TPSA) is 55.1 Å². The van der Waals surface area contributed by atoms with Crippen molar-refractivity contribution >= 4 is 34.2 Å². The predicted octanol–water partition coefficient (Wildman–Crippen LogP) is 3.00. The molecule has 0 unspecified atom stereocenters. The van der Waals surface area contributed by atoms with Gasteiger partial charge in [0.2, 0.25) is 5.91 Å². The highest BCUT2D eigenvalue weighted by Gasteiger charge is 2.27. The number of hydrogen-bond donors (Lipinski definition) is 2. The molecule has 1 amide bonds. The van der Waals surface area contributed by atoms with Gasteiger partial charge in [0.05, 0.1) is 6.04 Å². The molecule has 0 aliphatic carbocycles. The first-order valence-electron chi connectivity index (χ1n) is 5.69. The third kappa shape index (κ3) is 5.47. The van der Waals surface area contributed by atoms with Crippen molar-refractivity contribution in [3.8, 4) is 0 Å². The quantitative estimate of drug-likeness (QED) is 0.877. The van der Waals surface area contributed by atoms with E-state index >= 15 is 0 Å². The Kier molecular flexibility index (Phi) is 6.97. The Balaban J connectivity index is 0.00000324. The van der Waals surface area contributed by atoms with E-state index in [9.17, 15) is 9.18 Å². The van der Waals surface area contributed by atoms with Crippen molar-refractivity contribution in [2.75, 3.05) is 0 Å². The lowest BCUT2D eigenvalue weighted by Crippen LogP contribution is -2.48. The largest absolute Gasteiger partial charge is 0.351 e. The molecular weight excluding hydrogens is 335 g/mol. The molecule has 0 heterocycles. The minimum Gasteiger partial charge on any atom is -0.351 e. The van der Waals surface area contributed by atoms with Gasteiger partial charge < -0.3 is 11.1 Å².